The average Bonchev–Trinajstić information content (AvgIpc) is 2.37. The number of aliphatic carboxylic acids is 1. The molecule has 1 aromatic rings. The summed E-state index contributed by atoms with van der Waals surface area (Å²) in [5.74, 6) is -0.285. The quantitative estimate of drug-likeness (QED) is 0.569. The second-order valence-corrected chi connectivity index (χ2v) is 3.61. The minimum absolute atomic E-state index is 0.553. The highest BCUT2D eigenvalue weighted by molar-refractivity contribution is 5.85. The molecule has 0 fully saturated rings. The lowest BCUT2D eigenvalue weighted by Gasteiger charge is -2.08. The van der Waals surface area contributed by atoms with Crippen LogP contribution in [-0.2, 0) is 9.53 Å². The third-order valence-electron chi connectivity index (χ3n) is 2.22. The van der Waals surface area contributed by atoms with E-state index in [9.17, 15) is 4.79 Å². The molecule has 0 unspecified atom stereocenters. The second kappa shape index (κ2) is 8.31. The molecule has 1 aromatic carbocycles. The number of benzene rings is 1. The lowest BCUT2D eigenvalue weighted by molar-refractivity contribution is -0.131. The summed E-state index contributed by atoms with van der Waals surface area (Å²) in [4.78, 5) is 10.5. The molecular formula is C14H18O4. The van der Waals surface area contributed by atoms with E-state index in [2.05, 4.69) is 0 Å². The minimum atomic E-state index is -0.971. The first-order valence-electron chi connectivity index (χ1n) is 5.94. The van der Waals surface area contributed by atoms with E-state index in [0.717, 1.165) is 18.1 Å². The van der Waals surface area contributed by atoms with E-state index in [1.807, 2.05) is 31.2 Å². The number of carboxylic acid groups (broad SMARTS) is 1. The summed E-state index contributed by atoms with van der Waals surface area (Å²) < 4.78 is 10.8. The van der Waals surface area contributed by atoms with Crippen LogP contribution >= 0.6 is 0 Å². The van der Waals surface area contributed by atoms with Gasteiger partial charge in [0.25, 0.3) is 0 Å². The highest BCUT2D eigenvalue weighted by Gasteiger charge is 2.00. The number of rotatable bonds is 8. The Kier molecular flexibility index (Phi) is 6.58. The SMILES string of the molecule is CCOCCCOc1ccccc1/C=C/C(=O)O. The first-order chi connectivity index (χ1) is 8.74. The van der Waals surface area contributed by atoms with Gasteiger partial charge in [-0.3, -0.25) is 0 Å². The van der Waals surface area contributed by atoms with Crippen molar-refractivity contribution in [1.82, 2.24) is 0 Å². The van der Waals surface area contributed by atoms with Gasteiger partial charge in [0.15, 0.2) is 0 Å². The predicted molar refractivity (Wildman–Crippen MR) is 69.7 cm³/mol. The lowest BCUT2D eigenvalue weighted by atomic mass is 10.2. The summed E-state index contributed by atoms with van der Waals surface area (Å²) in [6, 6.07) is 7.34. The van der Waals surface area contributed by atoms with Gasteiger partial charge in [0, 0.05) is 31.3 Å². The topological polar surface area (TPSA) is 55.8 Å². The van der Waals surface area contributed by atoms with Crippen molar-refractivity contribution >= 4 is 12.0 Å². The molecule has 0 aliphatic rings. The molecule has 0 amide bonds. The standard InChI is InChI=1S/C14H18O4/c1-2-17-10-5-11-18-13-7-4-3-6-12(13)8-9-14(15)16/h3-4,6-9H,2,5,10-11H2,1H3,(H,15,16)/b9-8+. The lowest BCUT2D eigenvalue weighted by Crippen LogP contribution is -2.03. The van der Waals surface area contributed by atoms with Crippen LogP contribution in [0.15, 0.2) is 30.3 Å². The zero-order valence-corrected chi connectivity index (χ0v) is 10.5. The molecule has 0 aliphatic heterocycles. The average molecular weight is 250 g/mol. The number of hydrogen-bond donors (Lipinski definition) is 1. The molecule has 4 nitrogen and oxygen atoms in total. The Hall–Kier alpha value is -1.81. The molecule has 98 valence electrons. The summed E-state index contributed by atoms with van der Waals surface area (Å²) in [5, 5.41) is 8.59. The molecule has 0 saturated carbocycles. The van der Waals surface area contributed by atoms with Crippen LogP contribution in [0.3, 0.4) is 0 Å². The predicted octanol–water partition coefficient (Wildman–Crippen LogP) is 2.59. The van der Waals surface area contributed by atoms with E-state index in [0.29, 0.717) is 25.6 Å². The first kappa shape index (κ1) is 14.3. The van der Waals surface area contributed by atoms with Crippen molar-refractivity contribution in [3.05, 3.63) is 35.9 Å². The van der Waals surface area contributed by atoms with Crippen LogP contribution < -0.4 is 4.74 Å². The van der Waals surface area contributed by atoms with Crippen molar-refractivity contribution in [2.24, 2.45) is 0 Å². The van der Waals surface area contributed by atoms with Gasteiger partial charge in [-0.1, -0.05) is 18.2 Å². The van der Waals surface area contributed by atoms with Crippen LogP contribution in [0.1, 0.15) is 18.9 Å². The molecule has 1 N–H and O–H groups in total. The van der Waals surface area contributed by atoms with Gasteiger partial charge in [0.1, 0.15) is 5.75 Å². The van der Waals surface area contributed by atoms with Gasteiger partial charge in [-0.05, 0) is 19.1 Å². The largest absolute Gasteiger partial charge is 0.493 e. The van der Waals surface area contributed by atoms with Gasteiger partial charge < -0.3 is 14.6 Å². The van der Waals surface area contributed by atoms with E-state index in [1.165, 1.54) is 6.08 Å². The monoisotopic (exact) mass is 250 g/mol. The fraction of sp³-hybridized carbons (Fsp3) is 0.357. The Morgan fingerprint density at radius 1 is 1.33 bits per heavy atom. The van der Waals surface area contributed by atoms with Gasteiger partial charge in [0.05, 0.1) is 6.61 Å². The minimum Gasteiger partial charge on any atom is -0.493 e. The summed E-state index contributed by atoms with van der Waals surface area (Å²) >= 11 is 0. The summed E-state index contributed by atoms with van der Waals surface area (Å²) in [5.41, 5.74) is 0.760. The molecule has 0 heterocycles. The third-order valence-corrected chi connectivity index (χ3v) is 2.22. The summed E-state index contributed by atoms with van der Waals surface area (Å²) in [6.45, 7) is 3.88. The molecule has 0 atom stereocenters. The normalized spacial score (nSPS) is 10.7. The third kappa shape index (κ3) is 5.50. The number of carbonyl (C=O) groups is 1. The van der Waals surface area contributed by atoms with Crippen molar-refractivity contribution < 1.29 is 19.4 Å². The number of ether oxygens (including phenoxy) is 2. The van der Waals surface area contributed by atoms with Crippen molar-refractivity contribution in [1.29, 1.82) is 0 Å². The van der Waals surface area contributed by atoms with E-state index >= 15 is 0 Å². The van der Waals surface area contributed by atoms with Gasteiger partial charge >= 0.3 is 5.97 Å². The van der Waals surface area contributed by atoms with Gasteiger partial charge in [-0.15, -0.1) is 0 Å². The van der Waals surface area contributed by atoms with Gasteiger partial charge in [-0.2, -0.15) is 0 Å². The number of para-hydroxylation sites is 1. The maximum Gasteiger partial charge on any atom is 0.328 e. The van der Waals surface area contributed by atoms with Crippen LogP contribution in [0.4, 0.5) is 0 Å². The van der Waals surface area contributed by atoms with Gasteiger partial charge in [0.2, 0.25) is 0 Å². The van der Waals surface area contributed by atoms with Crippen LogP contribution in [0.5, 0.6) is 5.75 Å². The van der Waals surface area contributed by atoms with Crippen LogP contribution in [-0.4, -0.2) is 30.9 Å². The highest BCUT2D eigenvalue weighted by Crippen LogP contribution is 2.19. The Bertz CT molecular complexity index is 399. The van der Waals surface area contributed by atoms with Crippen molar-refractivity contribution in [3.8, 4) is 5.75 Å². The zero-order valence-electron chi connectivity index (χ0n) is 10.5. The molecule has 1 rings (SSSR count). The molecule has 18 heavy (non-hydrogen) atoms. The Morgan fingerprint density at radius 3 is 2.83 bits per heavy atom. The van der Waals surface area contributed by atoms with Crippen LogP contribution in [0, 0.1) is 0 Å². The van der Waals surface area contributed by atoms with Gasteiger partial charge in [-0.25, -0.2) is 4.79 Å². The zero-order chi connectivity index (χ0) is 13.2. The van der Waals surface area contributed by atoms with E-state index in [4.69, 9.17) is 14.6 Å². The van der Waals surface area contributed by atoms with E-state index in [1.54, 1.807) is 0 Å². The maximum absolute atomic E-state index is 10.5. The smallest absolute Gasteiger partial charge is 0.328 e. The van der Waals surface area contributed by atoms with Crippen molar-refractivity contribution in [2.75, 3.05) is 19.8 Å². The Morgan fingerprint density at radius 2 is 2.11 bits per heavy atom. The molecule has 0 spiro atoms. The molecular weight excluding hydrogens is 232 g/mol. The van der Waals surface area contributed by atoms with E-state index in [-0.39, 0.29) is 0 Å². The van der Waals surface area contributed by atoms with E-state index < -0.39 is 5.97 Å². The molecule has 4 heteroatoms. The maximum atomic E-state index is 10.5. The van der Waals surface area contributed by atoms with Crippen molar-refractivity contribution in [2.45, 2.75) is 13.3 Å². The first-order valence-corrected chi connectivity index (χ1v) is 5.94. The van der Waals surface area contributed by atoms with Crippen molar-refractivity contribution in [3.63, 3.8) is 0 Å². The Labute approximate surface area is 107 Å². The van der Waals surface area contributed by atoms with Crippen LogP contribution in [0.25, 0.3) is 6.08 Å². The molecule has 0 aromatic heterocycles. The highest BCUT2D eigenvalue weighted by atomic mass is 16.5. The second-order valence-electron chi connectivity index (χ2n) is 3.61. The van der Waals surface area contributed by atoms with Crippen LogP contribution in [0.2, 0.25) is 0 Å². The molecule has 0 aliphatic carbocycles. The molecule has 0 saturated heterocycles. The Balaban J connectivity index is 2.51. The summed E-state index contributed by atoms with van der Waals surface area (Å²) in [7, 11) is 0. The number of hydrogen-bond acceptors (Lipinski definition) is 3. The molecule has 0 bridgehead atoms. The number of carboxylic acids is 1. The fourth-order valence-electron chi connectivity index (χ4n) is 1.40. The summed E-state index contributed by atoms with van der Waals surface area (Å²) in [6.07, 6.45) is 3.44. The fourth-order valence-corrected chi connectivity index (χ4v) is 1.40. The molecule has 0 radical (unpaired) electrons.